The molecule has 0 aliphatic carbocycles. The van der Waals surface area contributed by atoms with Gasteiger partial charge in [-0.3, -0.25) is 9.59 Å². The third-order valence-corrected chi connectivity index (χ3v) is 3.95. The summed E-state index contributed by atoms with van der Waals surface area (Å²) in [5.74, 6) is -1.56. The van der Waals surface area contributed by atoms with E-state index in [9.17, 15) is 18.0 Å². The average Bonchev–Trinajstić information content (AvgIpc) is 2.55. The second-order valence-corrected chi connectivity index (χ2v) is 6.55. The van der Waals surface area contributed by atoms with E-state index in [0.29, 0.717) is 0 Å². The molecular weight excluding hydrogens is 348 g/mol. The summed E-state index contributed by atoms with van der Waals surface area (Å²) in [5.41, 5.74) is 0.569. The lowest BCUT2D eigenvalue weighted by atomic mass is 10.2. The Morgan fingerprint density at radius 3 is 2.44 bits per heavy atom. The van der Waals surface area contributed by atoms with Crippen LogP contribution in [0.2, 0.25) is 0 Å². The minimum absolute atomic E-state index is 0.00903. The zero-order valence-electron chi connectivity index (χ0n) is 13.2. The van der Waals surface area contributed by atoms with Gasteiger partial charge in [-0.05, 0) is 24.1 Å². The zero-order chi connectivity index (χ0) is 18.9. The van der Waals surface area contributed by atoms with Crippen LogP contribution in [0.15, 0.2) is 40.9 Å². The number of hydrogen-bond acceptors (Lipinski definition) is 6. The molecule has 1 aromatic carbocycles. The summed E-state index contributed by atoms with van der Waals surface area (Å²) in [5, 5.41) is 27.7. The first-order valence-corrected chi connectivity index (χ1v) is 8.74. The summed E-state index contributed by atoms with van der Waals surface area (Å²) in [6.45, 7) is 0.418. The van der Waals surface area contributed by atoms with Crippen LogP contribution < -0.4 is 15.8 Å². The monoisotopic (exact) mass is 366 g/mol. The molecule has 0 saturated heterocycles. The molecule has 0 unspecified atom stereocenters. The van der Waals surface area contributed by atoms with Crippen molar-refractivity contribution in [3.63, 3.8) is 0 Å². The molecule has 5 N–H and O–H groups in total. The number of nitrogens with two attached hydrogens (primary N) is 1. The fourth-order valence-corrected chi connectivity index (χ4v) is 2.27. The van der Waals surface area contributed by atoms with Crippen LogP contribution in [-0.4, -0.2) is 31.9 Å². The lowest BCUT2D eigenvalue weighted by Crippen LogP contribution is -2.27. The number of carboxylic acids is 1. The van der Waals surface area contributed by atoms with Crippen LogP contribution in [0, 0.1) is 11.3 Å². The Morgan fingerprint density at radius 1 is 1.28 bits per heavy atom. The maximum atomic E-state index is 11.7. The lowest BCUT2D eigenvalue weighted by molar-refractivity contribution is -0.137. The molecule has 0 aromatic heterocycles. The molecule has 9 nitrogen and oxygen atoms in total. The number of amides is 1. The van der Waals surface area contributed by atoms with Gasteiger partial charge >= 0.3 is 5.97 Å². The highest BCUT2D eigenvalue weighted by molar-refractivity contribution is 7.89. The van der Waals surface area contributed by atoms with E-state index in [4.69, 9.17) is 15.5 Å². The molecule has 1 rings (SSSR count). The highest BCUT2D eigenvalue weighted by Crippen LogP contribution is 2.08. The largest absolute Gasteiger partial charge is 0.481 e. The van der Waals surface area contributed by atoms with Gasteiger partial charge in [0.2, 0.25) is 10.0 Å². The molecule has 0 spiro atoms. The van der Waals surface area contributed by atoms with Gasteiger partial charge in [-0.15, -0.1) is 0 Å². The molecule has 0 bridgehead atoms. The van der Waals surface area contributed by atoms with Crippen LogP contribution in [0.4, 0.5) is 0 Å². The van der Waals surface area contributed by atoms with E-state index in [1.54, 1.807) is 18.2 Å². The molecule has 0 aliphatic rings. The number of primary sulfonamides is 1. The zero-order valence-corrected chi connectivity index (χ0v) is 14.0. The highest BCUT2D eigenvalue weighted by Gasteiger charge is 2.09. The predicted molar refractivity (Wildman–Crippen MR) is 88.2 cm³/mol. The average molecular weight is 366 g/mol. The van der Waals surface area contributed by atoms with Gasteiger partial charge in [0, 0.05) is 25.7 Å². The minimum atomic E-state index is -3.75. The lowest BCUT2D eigenvalue weighted by Gasteiger charge is -2.05. The Bertz CT molecular complexity index is 794. The van der Waals surface area contributed by atoms with Gasteiger partial charge in [-0.2, -0.15) is 5.26 Å². The number of aliphatic carboxylic acids is 1. The smallest absolute Gasteiger partial charge is 0.303 e. The molecule has 0 fully saturated rings. The fraction of sp³-hybridized carbons (Fsp3) is 0.267. The molecule has 1 aromatic rings. The van der Waals surface area contributed by atoms with E-state index < -0.39 is 21.9 Å². The van der Waals surface area contributed by atoms with Crippen LogP contribution >= 0.6 is 0 Å². The summed E-state index contributed by atoms with van der Waals surface area (Å²) in [6, 6.07) is 7.56. The number of carboxylic acid groups (broad SMARTS) is 1. The summed E-state index contributed by atoms with van der Waals surface area (Å²) in [6.07, 6.45) is 1.43. The van der Waals surface area contributed by atoms with Gasteiger partial charge < -0.3 is 15.7 Å². The van der Waals surface area contributed by atoms with Gasteiger partial charge in [0.15, 0.2) is 0 Å². The molecule has 0 heterocycles. The third-order valence-electron chi connectivity index (χ3n) is 3.02. The number of nitrogens with zero attached hydrogens (tertiary/aromatic N) is 1. The van der Waals surface area contributed by atoms with E-state index in [-0.39, 0.29) is 36.4 Å². The first kappa shape index (κ1) is 20.1. The highest BCUT2D eigenvalue weighted by atomic mass is 32.2. The topological polar surface area (TPSA) is 162 Å². The summed E-state index contributed by atoms with van der Waals surface area (Å²) in [7, 11) is -3.75. The van der Waals surface area contributed by atoms with Crippen molar-refractivity contribution in [3.05, 3.63) is 41.6 Å². The van der Waals surface area contributed by atoms with Crippen molar-refractivity contribution < 1.29 is 23.1 Å². The van der Waals surface area contributed by atoms with Crippen LogP contribution in [0.3, 0.4) is 0 Å². The van der Waals surface area contributed by atoms with Crippen molar-refractivity contribution in [1.82, 2.24) is 10.6 Å². The van der Waals surface area contributed by atoms with Crippen LogP contribution in [0.1, 0.15) is 18.4 Å². The van der Waals surface area contributed by atoms with Crippen LogP contribution in [0.25, 0.3) is 0 Å². The van der Waals surface area contributed by atoms with E-state index in [2.05, 4.69) is 10.6 Å². The van der Waals surface area contributed by atoms with Crippen molar-refractivity contribution >= 4 is 21.9 Å². The van der Waals surface area contributed by atoms with Gasteiger partial charge in [0.25, 0.3) is 5.91 Å². The SMILES string of the molecule is N#C/C(=C/NCc1ccc(S(N)(=O)=O)cc1)C(=O)NCCCC(=O)O. The number of rotatable bonds is 9. The quantitative estimate of drug-likeness (QED) is 0.267. The van der Waals surface area contributed by atoms with E-state index >= 15 is 0 Å². The number of sulfonamides is 1. The van der Waals surface area contributed by atoms with Gasteiger partial charge in [-0.1, -0.05) is 12.1 Å². The van der Waals surface area contributed by atoms with Crippen molar-refractivity contribution in [3.8, 4) is 6.07 Å². The second kappa shape index (κ2) is 9.41. The van der Waals surface area contributed by atoms with Gasteiger partial charge in [0.05, 0.1) is 4.90 Å². The molecule has 25 heavy (non-hydrogen) atoms. The Balaban J connectivity index is 2.53. The normalized spacial score (nSPS) is 11.4. The number of nitriles is 1. The molecule has 134 valence electrons. The van der Waals surface area contributed by atoms with E-state index in [1.165, 1.54) is 18.3 Å². The van der Waals surface area contributed by atoms with Crippen molar-refractivity contribution in [2.75, 3.05) is 6.54 Å². The molecule has 0 aliphatic heterocycles. The van der Waals surface area contributed by atoms with Crippen molar-refractivity contribution in [1.29, 1.82) is 5.26 Å². The van der Waals surface area contributed by atoms with E-state index in [1.807, 2.05) is 0 Å². The van der Waals surface area contributed by atoms with Crippen molar-refractivity contribution in [2.45, 2.75) is 24.3 Å². The maximum Gasteiger partial charge on any atom is 0.303 e. The Hall–Kier alpha value is -2.90. The van der Waals surface area contributed by atoms with E-state index in [0.717, 1.165) is 5.56 Å². The molecule has 0 atom stereocenters. The van der Waals surface area contributed by atoms with Gasteiger partial charge in [-0.25, -0.2) is 13.6 Å². The molecule has 10 heteroatoms. The standard InChI is InChI=1S/C15H18N4O5S/c16-8-12(15(22)19-7-1-2-14(20)21)10-18-9-11-3-5-13(6-4-11)25(17,23)24/h3-6,10,18H,1-2,7,9H2,(H,19,22)(H,20,21)(H2,17,23,24)/b12-10-. The number of nitrogens with one attached hydrogen (secondary N) is 2. The third kappa shape index (κ3) is 7.47. The Kier molecular flexibility index (Phi) is 7.58. The number of hydrogen-bond donors (Lipinski definition) is 4. The first-order valence-electron chi connectivity index (χ1n) is 7.19. The number of carbonyl (C=O) groups is 2. The van der Waals surface area contributed by atoms with Crippen LogP contribution in [0.5, 0.6) is 0 Å². The van der Waals surface area contributed by atoms with Crippen LogP contribution in [-0.2, 0) is 26.2 Å². The second-order valence-electron chi connectivity index (χ2n) is 4.99. The molecule has 1 amide bonds. The molecular formula is C15H18N4O5S. The Morgan fingerprint density at radius 2 is 1.92 bits per heavy atom. The maximum absolute atomic E-state index is 11.7. The summed E-state index contributed by atoms with van der Waals surface area (Å²) in [4.78, 5) is 22.1. The summed E-state index contributed by atoms with van der Waals surface area (Å²) >= 11 is 0. The predicted octanol–water partition coefficient (Wildman–Crippen LogP) is -0.188. The fourth-order valence-electron chi connectivity index (χ4n) is 1.75. The first-order chi connectivity index (χ1) is 11.7. The number of benzene rings is 1. The molecule has 0 saturated carbocycles. The number of carbonyl (C=O) groups excluding carboxylic acids is 1. The Labute approximate surface area is 145 Å². The van der Waals surface area contributed by atoms with Gasteiger partial charge in [0.1, 0.15) is 11.6 Å². The summed E-state index contributed by atoms with van der Waals surface area (Å²) < 4.78 is 22.3. The van der Waals surface area contributed by atoms with Crippen molar-refractivity contribution in [2.24, 2.45) is 5.14 Å². The minimum Gasteiger partial charge on any atom is -0.481 e. The molecule has 0 radical (unpaired) electrons.